The Morgan fingerprint density at radius 2 is 1.75 bits per heavy atom. The monoisotopic (exact) mass is 499 g/mol. The molecule has 7 heteroatoms. The van der Waals surface area contributed by atoms with E-state index in [1.54, 1.807) is 7.11 Å². The van der Waals surface area contributed by atoms with E-state index in [1.165, 1.54) is 0 Å². The second-order valence-corrected chi connectivity index (χ2v) is 5.95. The average molecular weight is 499 g/mol. The van der Waals surface area contributed by atoms with Crippen LogP contribution in [0.1, 0.15) is 25.0 Å². The number of nitrogens with zero attached hydrogens (tertiary/aromatic N) is 1. The highest BCUT2D eigenvalue weighted by atomic mass is 127. The third kappa shape index (κ3) is 8.79. The van der Waals surface area contributed by atoms with E-state index in [0.29, 0.717) is 12.6 Å². The van der Waals surface area contributed by atoms with Crippen molar-refractivity contribution in [1.29, 1.82) is 0 Å². The van der Waals surface area contributed by atoms with Crippen LogP contribution in [-0.4, -0.2) is 44.4 Å². The summed E-state index contributed by atoms with van der Waals surface area (Å²) in [5, 5.41) is 16.8. The van der Waals surface area contributed by atoms with Gasteiger partial charge in [-0.3, -0.25) is 4.99 Å². The first kappa shape index (κ1) is 24.0. The van der Waals surface area contributed by atoms with Gasteiger partial charge in [0.25, 0.3) is 0 Å². The molecule has 0 radical (unpaired) electrons. The molecule has 0 bridgehead atoms. The largest absolute Gasteiger partial charge is 0.497 e. The number of ether oxygens (including phenoxy) is 2. The minimum atomic E-state index is -0.659. The minimum Gasteiger partial charge on any atom is -0.497 e. The van der Waals surface area contributed by atoms with Gasteiger partial charge in [0, 0.05) is 13.1 Å². The zero-order valence-electron chi connectivity index (χ0n) is 16.4. The molecular formula is C21H30IN3O3. The average Bonchev–Trinajstić information content (AvgIpc) is 2.72. The number of rotatable bonds is 10. The molecule has 28 heavy (non-hydrogen) atoms. The lowest BCUT2D eigenvalue weighted by molar-refractivity contribution is 0.187. The van der Waals surface area contributed by atoms with Crippen LogP contribution in [-0.2, 0) is 0 Å². The number of para-hydroxylation sites is 1. The summed E-state index contributed by atoms with van der Waals surface area (Å²) in [5.41, 5.74) is 0.812. The summed E-state index contributed by atoms with van der Waals surface area (Å²) in [6, 6.07) is 17.1. The van der Waals surface area contributed by atoms with Crippen molar-refractivity contribution in [1.82, 2.24) is 10.6 Å². The van der Waals surface area contributed by atoms with Crippen molar-refractivity contribution in [2.75, 3.05) is 33.4 Å². The number of methoxy groups -OCH3 is 1. The van der Waals surface area contributed by atoms with Gasteiger partial charge in [0.05, 0.1) is 26.4 Å². The van der Waals surface area contributed by atoms with Gasteiger partial charge >= 0.3 is 0 Å². The molecule has 0 saturated heterocycles. The summed E-state index contributed by atoms with van der Waals surface area (Å²) < 4.78 is 10.8. The fourth-order valence-corrected chi connectivity index (χ4v) is 2.44. The van der Waals surface area contributed by atoms with Crippen molar-refractivity contribution in [3.05, 3.63) is 60.2 Å². The van der Waals surface area contributed by atoms with Crippen LogP contribution >= 0.6 is 24.0 Å². The third-order valence-electron chi connectivity index (χ3n) is 3.89. The van der Waals surface area contributed by atoms with Gasteiger partial charge in [-0.1, -0.05) is 30.3 Å². The number of aliphatic hydroxyl groups is 1. The van der Waals surface area contributed by atoms with Gasteiger partial charge in [-0.15, -0.1) is 24.0 Å². The van der Waals surface area contributed by atoms with Crippen molar-refractivity contribution < 1.29 is 14.6 Å². The van der Waals surface area contributed by atoms with Crippen molar-refractivity contribution in [2.24, 2.45) is 4.99 Å². The van der Waals surface area contributed by atoms with E-state index in [1.807, 2.05) is 61.5 Å². The Morgan fingerprint density at radius 1 is 1.04 bits per heavy atom. The van der Waals surface area contributed by atoms with E-state index in [2.05, 4.69) is 15.6 Å². The van der Waals surface area contributed by atoms with Crippen LogP contribution in [0.3, 0.4) is 0 Å². The molecule has 0 saturated carbocycles. The Kier molecular flexibility index (Phi) is 12.1. The van der Waals surface area contributed by atoms with E-state index in [9.17, 15) is 5.11 Å². The number of nitrogens with one attached hydrogen (secondary N) is 2. The van der Waals surface area contributed by atoms with E-state index >= 15 is 0 Å². The molecule has 2 aromatic carbocycles. The molecule has 2 aromatic rings. The maximum absolute atomic E-state index is 10.3. The number of aliphatic imine (C=N–C) groups is 1. The summed E-state index contributed by atoms with van der Waals surface area (Å²) in [6.07, 6.45) is 0.188. The summed E-state index contributed by atoms with van der Waals surface area (Å²) in [7, 11) is 1.62. The highest BCUT2D eigenvalue weighted by molar-refractivity contribution is 14.0. The van der Waals surface area contributed by atoms with E-state index in [-0.39, 0.29) is 30.5 Å². The number of guanidine groups is 1. The Bertz CT molecular complexity index is 681. The summed E-state index contributed by atoms with van der Waals surface area (Å²) in [5.74, 6) is 2.33. The fourth-order valence-electron chi connectivity index (χ4n) is 2.44. The maximum atomic E-state index is 10.3. The first-order valence-corrected chi connectivity index (χ1v) is 9.25. The molecule has 1 atom stereocenters. The first-order chi connectivity index (χ1) is 13.2. The predicted octanol–water partition coefficient (Wildman–Crippen LogP) is 3.37. The fraction of sp³-hybridized carbons (Fsp3) is 0.381. The highest BCUT2D eigenvalue weighted by Crippen LogP contribution is 2.17. The highest BCUT2D eigenvalue weighted by Gasteiger charge is 2.07. The lowest BCUT2D eigenvalue weighted by atomic mass is 10.1. The summed E-state index contributed by atoms with van der Waals surface area (Å²) in [6.45, 7) is 4.41. The number of aliphatic hydroxyl groups excluding tert-OH is 1. The molecule has 6 nitrogen and oxygen atoms in total. The van der Waals surface area contributed by atoms with Crippen LogP contribution < -0.4 is 20.1 Å². The zero-order chi connectivity index (χ0) is 19.3. The number of halogens is 1. The smallest absolute Gasteiger partial charge is 0.191 e. The van der Waals surface area contributed by atoms with E-state index < -0.39 is 6.10 Å². The van der Waals surface area contributed by atoms with Crippen LogP contribution in [0, 0.1) is 0 Å². The van der Waals surface area contributed by atoms with Crippen LogP contribution in [0.15, 0.2) is 59.6 Å². The molecule has 3 N–H and O–H groups in total. The Hall–Kier alpha value is -2.00. The molecule has 154 valence electrons. The van der Waals surface area contributed by atoms with Gasteiger partial charge in [0.1, 0.15) is 11.5 Å². The van der Waals surface area contributed by atoms with Crippen molar-refractivity contribution in [2.45, 2.75) is 19.4 Å². The van der Waals surface area contributed by atoms with Crippen LogP contribution in [0.5, 0.6) is 11.5 Å². The summed E-state index contributed by atoms with van der Waals surface area (Å²) >= 11 is 0. The number of hydrogen-bond acceptors (Lipinski definition) is 4. The second kappa shape index (κ2) is 14.1. The van der Waals surface area contributed by atoms with Gasteiger partial charge in [-0.2, -0.15) is 0 Å². The SMILES string of the molecule is CCNC(=NCC(O)c1ccc(OC)cc1)NCCCOc1ccccc1.I. The Balaban J connectivity index is 0.00000392. The minimum absolute atomic E-state index is 0. The topological polar surface area (TPSA) is 75.1 Å². The lowest BCUT2D eigenvalue weighted by Crippen LogP contribution is -2.38. The van der Waals surface area contributed by atoms with Gasteiger partial charge in [-0.25, -0.2) is 0 Å². The molecule has 1 unspecified atom stereocenters. The van der Waals surface area contributed by atoms with Gasteiger partial charge in [0.15, 0.2) is 5.96 Å². The molecule has 0 heterocycles. The number of benzene rings is 2. The molecule has 0 amide bonds. The van der Waals surface area contributed by atoms with Crippen molar-refractivity contribution in [3.63, 3.8) is 0 Å². The second-order valence-electron chi connectivity index (χ2n) is 5.95. The quantitative estimate of drug-likeness (QED) is 0.202. The molecule has 0 aliphatic rings. The standard InChI is InChI=1S/C21H29N3O3.HI/c1-3-22-21(23-14-7-15-27-19-8-5-4-6-9-19)24-16-20(25)17-10-12-18(26-2)13-11-17;/h4-6,8-13,20,25H,3,7,14-16H2,1-2H3,(H2,22,23,24);1H. The number of hydrogen-bond donors (Lipinski definition) is 3. The summed E-state index contributed by atoms with van der Waals surface area (Å²) in [4.78, 5) is 4.46. The Morgan fingerprint density at radius 3 is 2.39 bits per heavy atom. The molecule has 0 spiro atoms. The maximum Gasteiger partial charge on any atom is 0.191 e. The molecule has 0 aliphatic heterocycles. The van der Waals surface area contributed by atoms with E-state index in [0.717, 1.165) is 36.6 Å². The molecular weight excluding hydrogens is 469 g/mol. The van der Waals surface area contributed by atoms with E-state index in [4.69, 9.17) is 9.47 Å². The molecule has 0 fully saturated rings. The van der Waals surface area contributed by atoms with Gasteiger partial charge < -0.3 is 25.2 Å². The van der Waals surface area contributed by atoms with Crippen molar-refractivity contribution in [3.8, 4) is 11.5 Å². The lowest BCUT2D eigenvalue weighted by Gasteiger charge is -2.14. The zero-order valence-corrected chi connectivity index (χ0v) is 18.8. The first-order valence-electron chi connectivity index (χ1n) is 9.25. The van der Waals surface area contributed by atoms with Gasteiger partial charge in [0.2, 0.25) is 0 Å². The third-order valence-corrected chi connectivity index (χ3v) is 3.89. The van der Waals surface area contributed by atoms with Crippen LogP contribution in [0.4, 0.5) is 0 Å². The Labute approximate surface area is 184 Å². The predicted molar refractivity (Wildman–Crippen MR) is 124 cm³/mol. The van der Waals surface area contributed by atoms with Crippen LogP contribution in [0.25, 0.3) is 0 Å². The molecule has 2 rings (SSSR count). The van der Waals surface area contributed by atoms with Crippen molar-refractivity contribution >= 4 is 29.9 Å². The molecule has 0 aliphatic carbocycles. The van der Waals surface area contributed by atoms with Crippen LogP contribution in [0.2, 0.25) is 0 Å². The molecule has 0 aromatic heterocycles. The normalized spacial score (nSPS) is 11.9. The van der Waals surface area contributed by atoms with Gasteiger partial charge in [-0.05, 0) is 43.2 Å².